The van der Waals surface area contributed by atoms with Crippen molar-refractivity contribution in [3.63, 3.8) is 0 Å². The topological polar surface area (TPSA) is 62.3 Å². The van der Waals surface area contributed by atoms with E-state index in [0.717, 1.165) is 24.1 Å². The Morgan fingerprint density at radius 3 is 2.62 bits per heavy atom. The molecule has 2 heterocycles. The molecule has 1 aliphatic rings. The first-order valence-electron chi connectivity index (χ1n) is 8.77. The third-order valence-electron chi connectivity index (χ3n) is 4.54. The third kappa shape index (κ3) is 4.65. The average Bonchev–Trinajstić information content (AvgIpc) is 2.62. The van der Waals surface area contributed by atoms with E-state index in [1.54, 1.807) is 23.2 Å². The summed E-state index contributed by atoms with van der Waals surface area (Å²) in [6, 6.07) is 10.1. The number of nitrogens with zero attached hydrogens (tertiary/aromatic N) is 2. The van der Waals surface area contributed by atoms with Crippen LogP contribution < -0.4 is 5.32 Å². The number of likely N-dealkylation sites (tertiary alicyclic amines) is 1. The number of rotatable bonds is 4. The highest BCUT2D eigenvalue weighted by molar-refractivity contribution is 5.94. The van der Waals surface area contributed by atoms with Gasteiger partial charge in [-0.25, -0.2) is 4.39 Å². The summed E-state index contributed by atoms with van der Waals surface area (Å²) in [6.45, 7) is 2.75. The molecular weight excluding hydrogens is 333 g/mol. The summed E-state index contributed by atoms with van der Waals surface area (Å²) in [5.41, 5.74) is 2.18. The number of benzene rings is 1. The lowest BCUT2D eigenvalue weighted by atomic mass is 10.0. The molecule has 26 heavy (non-hydrogen) atoms. The van der Waals surface area contributed by atoms with Gasteiger partial charge in [-0.2, -0.15) is 0 Å². The summed E-state index contributed by atoms with van der Waals surface area (Å²) >= 11 is 0. The van der Waals surface area contributed by atoms with Gasteiger partial charge < -0.3 is 10.2 Å². The minimum atomic E-state index is -0.267. The highest BCUT2D eigenvalue weighted by Crippen LogP contribution is 2.15. The van der Waals surface area contributed by atoms with Crippen LogP contribution in [-0.4, -0.2) is 40.8 Å². The van der Waals surface area contributed by atoms with Gasteiger partial charge in [0.25, 0.3) is 5.91 Å². The molecular formula is C20H22FN3O2. The first-order chi connectivity index (χ1) is 12.5. The summed E-state index contributed by atoms with van der Waals surface area (Å²) in [5.74, 6) is -0.346. The molecule has 6 heteroatoms. The van der Waals surface area contributed by atoms with Gasteiger partial charge in [0.15, 0.2) is 0 Å². The minimum Gasteiger partial charge on any atom is -0.353 e. The summed E-state index contributed by atoms with van der Waals surface area (Å²) in [4.78, 5) is 29.8. The number of amides is 2. The second-order valence-corrected chi connectivity index (χ2v) is 6.61. The fourth-order valence-electron chi connectivity index (χ4n) is 3.21. The van der Waals surface area contributed by atoms with Crippen molar-refractivity contribution >= 4 is 11.8 Å². The summed E-state index contributed by atoms with van der Waals surface area (Å²) in [5, 5.41) is 2.90. The lowest BCUT2D eigenvalue weighted by molar-refractivity contribution is -0.119. The molecule has 1 saturated heterocycles. The van der Waals surface area contributed by atoms with Crippen molar-refractivity contribution in [2.45, 2.75) is 32.2 Å². The fraction of sp³-hybridized carbons (Fsp3) is 0.350. The number of nitrogens with one attached hydrogen (secondary N) is 1. The molecule has 2 amide bonds. The summed E-state index contributed by atoms with van der Waals surface area (Å²) in [6.07, 6.45) is 3.62. The molecule has 1 aromatic carbocycles. The lowest BCUT2D eigenvalue weighted by Gasteiger charge is -2.32. The molecule has 1 aromatic heterocycles. The van der Waals surface area contributed by atoms with Crippen LogP contribution in [-0.2, 0) is 11.2 Å². The number of hydrogen-bond donors (Lipinski definition) is 1. The maximum atomic E-state index is 13.2. The Kier molecular flexibility index (Phi) is 5.61. The van der Waals surface area contributed by atoms with Crippen molar-refractivity contribution in [3.05, 3.63) is 65.2 Å². The van der Waals surface area contributed by atoms with Crippen molar-refractivity contribution in [2.75, 3.05) is 13.1 Å². The van der Waals surface area contributed by atoms with Gasteiger partial charge in [0, 0.05) is 44.4 Å². The molecule has 0 bridgehead atoms. The Balaban J connectivity index is 1.58. The van der Waals surface area contributed by atoms with Crippen LogP contribution in [0, 0.1) is 5.82 Å². The number of halogens is 1. The molecule has 5 nitrogen and oxygen atoms in total. The SMILES string of the molecule is CC(=O)NC1CCN(C(=O)c2ccc(Cc3cccc(F)c3)nc2)CC1. The van der Waals surface area contributed by atoms with E-state index in [9.17, 15) is 14.0 Å². The standard InChI is InChI=1S/C20H22FN3O2/c1-14(25)23-18-7-9-24(10-8-18)20(26)16-5-6-19(22-13-16)12-15-3-2-4-17(21)11-15/h2-6,11,13,18H,7-10,12H2,1H3,(H,23,25). The maximum Gasteiger partial charge on any atom is 0.255 e. The molecule has 136 valence electrons. The Bertz CT molecular complexity index is 784. The second kappa shape index (κ2) is 8.08. The Hall–Kier alpha value is -2.76. The molecule has 1 N–H and O–H groups in total. The van der Waals surface area contributed by atoms with Gasteiger partial charge in [-0.15, -0.1) is 0 Å². The third-order valence-corrected chi connectivity index (χ3v) is 4.54. The van der Waals surface area contributed by atoms with Crippen LogP contribution in [0.1, 0.15) is 41.4 Å². The number of carbonyl (C=O) groups is 2. The number of carbonyl (C=O) groups excluding carboxylic acids is 2. The van der Waals surface area contributed by atoms with Crippen LogP contribution in [0.3, 0.4) is 0 Å². The second-order valence-electron chi connectivity index (χ2n) is 6.61. The lowest BCUT2D eigenvalue weighted by Crippen LogP contribution is -2.46. The zero-order valence-corrected chi connectivity index (χ0v) is 14.7. The van der Waals surface area contributed by atoms with Crippen LogP contribution in [0.25, 0.3) is 0 Å². The minimum absolute atomic E-state index is 0.0344. The Morgan fingerprint density at radius 2 is 2.00 bits per heavy atom. The van der Waals surface area contributed by atoms with E-state index < -0.39 is 0 Å². The summed E-state index contributed by atoms with van der Waals surface area (Å²) < 4.78 is 13.2. The average molecular weight is 355 g/mol. The smallest absolute Gasteiger partial charge is 0.255 e. The summed E-state index contributed by atoms with van der Waals surface area (Å²) in [7, 11) is 0. The number of hydrogen-bond acceptors (Lipinski definition) is 3. The molecule has 1 aliphatic heterocycles. The first-order valence-corrected chi connectivity index (χ1v) is 8.77. The molecule has 0 spiro atoms. The molecule has 0 unspecified atom stereocenters. The van der Waals surface area contributed by atoms with E-state index >= 15 is 0 Å². The molecule has 2 aromatic rings. The quantitative estimate of drug-likeness (QED) is 0.917. The van der Waals surface area contributed by atoms with Gasteiger partial charge in [0.2, 0.25) is 5.91 Å². The van der Waals surface area contributed by atoms with Gasteiger partial charge in [0.05, 0.1) is 5.56 Å². The largest absolute Gasteiger partial charge is 0.353 e. The van der Waals surface area contributed by atoms with Crippen molar-refractivity contribution in [1.29, 1.82) is 0 Å². The normalized spacial score (nSPS) is 14.9. The van der Waals surface area contributed by atoms with Crippen molar-refractivity contribution in [3.8, 4) is 0 Å². The predicted octanol–water partition coefficient (Wildman–Crippen LogP) is 2.55. The Labute approximate surface area is 152 Å². The van der Waals surface area contributed by atoms with Crippen LogP contribution in [0.15, 0.2) is 42.6 Å². The monoisotopic (exact) mass is 355 g/mol. The van der Waals surface area contributed by atoms with Gasteiger partial charge in [-0.05, 0) is 42.7 Å². The van der Waals surface area contributed by atoms with Crippen molar-refractivity contribution in [1.82, 2.24) is 15.2 Å². The zero-order valence-electron chi connectivity index (χ0n) is 14.7. The molecule has 3 rings (SSSR count). The molecule has 0 atom stereocenters. The highest BCUT2D eigenvalue weighted by Gasteiger charge is 2.24. The number of piperidine rings is 1. The molecule has 1 fully saturated rings. The van der Waals surface area contributed by atoms with Crippen LogP contribution >= 0.6 is 0 Å². The number of pyridine rings is 1. The van der Waals surface area contributed by atoms with Gasteiger partial charge >= 0.3 is 0 Å². The van der Waals surface area contributed by atoms with E-state index in [2.05, 4.69) is 10.3 Å². The van der Waals surface area contributed by atoms with Crippen molar-refractivity contribution < 1.29 is 14.0 Å². The molecule has 0 saturated carbocycles. The highest BCUT2D eigenvalue weighted by atomic mass is 19.1. The van der Waals surface area contributed by atoms with Crippen LogP contribution in [0.2, 0.25) is 0 Å². The van der Waals surface area contributed by atoms with E-state index in [1.807, 2.05) is 12.1 Å². The molecule has 0 radical (unpaired) electrons. The fourth-order valence-corrected chi connectivity index (χ4v) is 3.21. The Morgan fingerprint density at radius 1 is 1.23 bits per heavy atom. The van der Waals surface area contributed by atoms with Crippen molar-refractivity contribution in [2.24, 2.45) is 0 Å². The van der Waals surface area contributed by atoms with Gasteiger partial charge in [0.1, 0.15) is 5.82 Å². The van der Waals surface area contributed by atoms with E-state index in [1.165, 1.54) is 19.1 Å². The predicted molar refractivity (Wildman–Crippen MR) is 96.2 cm³/mol. The first kappa shape index (κ1) is 18.0. The molecule has 0 aliphatic carbocycles. The van der Waals surface area contributed by atoms with Crippen LogP contribution in [0.5, 0.6) is 0 Å². The van der Waals surface area contributed by atoms with E-state index in [4.69, 9.17) is 0 Å². The van der Waals surface area contributed by atoms with Crippen LogP contribution in [0.4, 0.5) is 4.39 Å². The van der Waals surface area contributed by atoms with Gasteiger partial charge in [-0.1, -0.05) is 12.1 Å². The van der Waals surface area contributed by atoms with E-state index in [-0.39, 0.29) is 23.7 Å². The number of aromatic nitrogens is 1. The van der Waals surface area contributed by atoms with Gasteiger partial charge in [-0.3, -0.25) is 14.6 Å². The zero-order chi connectivity index (χ0) is 18.5. The maximum absolute atomic E-state index is 13.2. The van der Waals surface area contributed by atoms with E-state index in [0.29, 0.717) is 25.1 Å².